The Morgan fingerprint density at radius 2 is 2.10 bits per heavy atom. The summed E-state index contributed by atoms with van der Waals surface area (Å²) in [5.74, 6) is 0.521. The number of benzene rings is 1. The third-order valence-corrected chi connectivity index (χ3v) is 4.56. The van der Waals surface area contributed by atoms with Crippen LogP contribution in [0, 0.1) is 5.82 Å². The van der Waals surface area contributed by atoms with E-state index >= 15 is 0 Å². The predicted octanol–water partition coefficient (Wildman–Crippen LogP) is 2.89. The molecule has 0 saturated carbocycles. The highest BCUT2D eigenvalue weighted by Crippen LogP contribution is 2.36. The fourth-order valence-electron chi connectivity index (χ4n) is 2.88. The van der Waals surface area contributed by atoms with E-state index in [-0.39, 0.29) is 11.9 Å². The minimum absolute atomic E-state index is 0.0454. The number of rotatable bonds is 4. The van der Waals surface area contributed by atoms with Crippen molar-refractivity contribution < 1.29 is 9.13 Å². The number of nitrogens with one attached hydrogen (secondary N) is 1. The maximum absolute atomic E-state index is 13.8. The molecule has 0 unspecified atom stereocenters. The molecule has 0 spiro atoms. The van der Waals surface area contributed by atoms with Gasteiger partial charge in [-0.3, -0.25) is 4.90 Å². The van der Waals surface area contributed by atoms with Crippen LogP contribution in [0.4, 0.5) is 4.39 Å². The molecule has 3 nitrogen and oxygen atoms in total. The van der Waals surface area contributed by atoms with Crippen LogP contribution in [0.25, 0.3) is 0 Å². The highest BCUT2D eigenvalue weighted by atomic mass is 32.1. The van der Waals surface area contributed by atoms with Gasteiger partial charge >= 0.3 is 0 Å². The molecule has 2 aromatic rings. The van der Waals surface area contributed by atoms with E-state index in [0.717, 1.165) is 37.5 Å². The van der Waals surface area contributed by atoms with Gasteiger partial charge in [0.25, 0.3) is 0 Å². The first kappa shape index (κ1) is 14.5. The van der Waals surface area contributed by atoms with Crippen LogP contribution in [0.2, 0.25) is 0 Å². The van der Waals surface area contributed by atoms with Gasteiger partial charge in [0, 0.05) is 31.7 Å². The van der Waals surface area contributed by atoms with E-state index in [4.69, 9.17) is 4.74 Å². The lowest BCUT2D eigenvalue weighted by Gasteiger charge is -2.35. The molecule has 1 aliphatic heterocycles. The Hall–Kier alpha value is -1.43. The van der Waals surface area contributed by atoms with Crippen molar-refractivity contribution >= 4 is 11.3 Å². The summed E-state index contributed by atoms with van der Waals surface area (Å²) in [5.41, 5.74) is 2.10. The SMILES string of the molecule is COc1ccc(F)cc1[C@@H](c1ccsc1)N1CCNCC1. The molecule has 0 bridgehead atoms. The molecule has 0 radical (unpaired) electrons. The van der Waals surface area contributed by atoms with Crippen molar-refractivity contribution in [2.45, 2.75) is 6.04 Å². The zero-order valence-electron chi connectivity index (χ0n) is 12.0. The molecule has 21 heavy (non-hydrogen) atoms. The zero-order chi connectivity index (χ0) is 14.7. The molecule has 1 saturated heterocycles. The summed E-state index contributed by atoms with van der Waals surface area (Å²) in [6.45, 7) is 3.80. The van der Waals surface area contributed by atoms with Gasteiger partial charge in [-0.1, -0.05) is 0 Å². The summed E-state index contributed by atoms with van der Waals surface area (Å²) >= 11 is 1.67. The molecule has 112 valence electrons. The van der Waals surface area contributed by atoms with Crippen LogP contribution in [-0.4, -0.2) is 38.2 Å². The van der Waals surface area contributed by atoms with E-state index in [2.05, 4.69) is 27.0 Å². The summed E-state index contributed by atoms with van der Waals surface area (Å²) in [7, 11) is 1.64. The highest BCUT2D eigenvalue weighted by Gasteiger charge is 2.27. The number of halogens is 1. The summed E-state index contributed by atoms with van der Waals surface area (Å²) < 4.78 is 19.2. The van der Waals surface area contributed by atoms with E-state index in [0.29, 0.717) is 0 Å². The van der Waals surface area contributed by atoms with Gasteiger partial charge < -0.3 is 10.1 Å². The van der Waals surface area contributed by atoms with E-state index < -0.39 is 0 Å². The smallest absolute Gasteiger partial charge is 0.124 e. The molecule has 1 aliphatic rings. The molecule has 1 aromatic heterocycles. The summed E-state index contributed by atoms with van der Waals surface area (Å²) in [4.78, 5) is 2.38. The second kappa shape index (κ2) is 6.56. The number of nitrogens with zero attached hydrogens (tertiary/aromatic N) is 1. The zero-order valence-corrected chi connectivity index (χ0v) is 12.8. The Balaban J connectivity index is 2.04. The minimum Gasteiger partial charge on any atom is -0.496 e. The molecule has 3 rings (SSSR count). The van der Waals surface area contributed by atoms with Gasteiger partial charge in [0.15, 0.2) is 0 Å². The molecule has 2 heterocycles. The van der Waals surface area contributed by atoms with Crippen LogP contribution in [-0.2, 0) is 0 Å². The Morgan fingerprint density at radius 1 is 1.29 bits per heavy atom. The van der Waals surface area contributed by atoms with Crippen molar-refractivity contribution in [1.29, 1.82) is 0 Å². The fourth-order valence-corrected chi connectivity index (χ4v) is 3.56. The van der Waals surface area contributed by atoms with Crippen LogP contribution >= 0.6 is 11.3 Å². The van der Waals surface area contributed by atoms with E-state index in [1.807, 2.05) is 0 Å². The molecule has 1 atom stereocenters. The fraction of sp³-hybridized carbons (Fsp3) is 0.375. The Bertz CT molecular complexity index is 582. The lowest BCUT2D eigenvalue weighted by molar-refractivity contribution is 0.195. The van der Waals surface area contributed by atoms with Gasteiger partial charge in [-0.05, 0) is 40.6 Å². The molecule has 0 amide bonds. The maximum Gasteiger partial charge on any atom is 0.124 e. The molecule has 0 aliphatic carbocycles. The van der Waals surface area contributed by atoms with Gasteiger partial charge in [0.1, 0.15) is 11.6 Å². The predicted molar refractivity (Wildman–Crippen MR) is 83.6 cm³/mol. The Labute approximate surface area is 128 Å². The highest BCUT2D eigenvalue weighted by molar-refractivity contribution is 7.08. The topological polar surface area (TPSA) is 24.5 Å². The average molecular weight is 306 g/mol. The summed E-state index contributed by atoms with van der Waals surface area (Å²) in [6, 6.07) is 6.92. The maximum atomic E-state index is 13.8. The van der Waals surface area contributed by atoms with Crippen molar-refractivity contribution in [3.63, 3.8) is 0 Å². The van der Waals surface area contributed by atoms with Crippen LogP contribution in [0.15, 0.2) is 35.0 Å². The van der Waals surface area contributed by atoms with Crippen LogP contribution in [0.5, 0.6) is 5.75 Å². The molecule has 1 fully saturated rings. The Kier molecular flexibility index (Phi) is 4.53. The van der Waals surface area contributed by atoms with E-state index in [9.17, 15) is 4.39 Å². The van der Waals surface area contributed by atoms with Crippen molar-refractivity contribution in [3.8, 4) is 5.75 Å². The first-order valence-corrected chi connectivity index (χ1v) is 8.04. The number of methoxy groups -OCH3 is 1. The largest absolute Gasteiger partial charge is 0.496 e. The second-order valence-electron chi connectivity index (χ2n) is 5.13. The van der Waals surface area contributed by atoms with Crippen LogP contribution in [0.1, 0.15) is 17.2 Å². The van der Waals surface area contributed by atoms with Crippen molar-refractivity contribution in [2.24, 2.45) is 0 Å². The standard InChI is InChI=1S/C16H19FN2OS/c1-20-15-3-2-13(17)10-14(15)16(12-4-9-21-11-12)19-7-5-18-6-8-19/h2-4,9-11,16,18H,5-8H2,1H3/t16-/m1/s1. The lowest BCUT2D eigenvalue weighted by Crippen LogP contribution is -2.45. The van der Waals surface area contributed by atoms with Gasteiger partial charge in [-0.25, -0.2) is 4.39 Å². The van der Waals surface area contributed by atoms with Gasteiger partial charge in [-0.2, -0.15) is 11.3 Å². The normalized spacial score (nSPS) is 17.6. The molecule has 1 aromatic carbocycles. The molecular weight excluding hydrogens is 287 g/mol. The van der Waals surface area contributed by atoms with Gasteiger partial charge in [-0.15, -0.1) is 0 Å². The first-order valence-electron chi connectivity index (χ1n) is 7.10. The summed E-state index contributed by atoms with van der Waals surface area (Å²) in [5, 5.41) is 7.56. The minimum atomic E-state index is -0.221. The van der Waals surface area contributed by atoms with E-state index in [1.54, 1.807) is 30.6 Å². The molecular formula is C16H19FN2OS. The number of hydrogen-bond acceptors (Lipinski definition) is 4. The molecule has 1 N–H and O–H groups in total. The second-order valence-corrected chi connectivity index (χ2v) is 5.91. The first-order chi connectivity index (χ1) is 10.3. The third kappa shape index (κ3) is 3.10. The number of thiophene rings is 1. The third-order valence-electron chi connectivity index (χ3n) is 3.86. The van der Waals surface area contributed by atoms with Crippen LogP contribution < -0.4 is 10.1 Å². The van der Waals surface area contributed by atoms with E-state index in [1.165, 1.54) is 11.6 Å². The van der Waals surface area contributed by atoms with Crippen molar-refractivity contribution in [1.82, 2.24) is 10.2 Å². The monoisotopic (exact) mass is 306 g/mol. The number of hydrogen-bond donors (Lipinski definition) is 1. The van der Waals surface area contributed by atoms with Gasteiger partial charge in [0.05, 0.1) is 13.2 Å². The lowest BCUT2D eigenvalue weighted by atomic mass is 9.97. The Morgan fingerprint density at radius 3 is 2.76 bits per heavy atom. The van der Waals surface area contributed by atoms with Crippen molar-refractivity contribution in [3.05, 3.63) is 52.0 Å². The summed E-state index contributed by atoms with van der Waals surface area (Å²) in [6.07, 6.45) is 0. The van der Waals surface area contributed by atoms with Crippen molar-refractivity contribution in [2.75, 3.05) is 33.3 Å². The van der Waals surface area contributed by atoms with Gasteiger partial charge in [0.2, 0.25) is 0 Å². The average Bonchev–Trinajstić information content (AvgIpc) is 3.03. The number of piperazine rings is 1. The molecule has 5 heteroatoms. The van der Waals surface area contributed by atoms with Crippen LogP contribution in [0.3, 0.4) is 0 Å². The number of ether oxygens (including phenoxy) is 1. The quantitative estimate of drug-likeness (QED) is 0.940.